The molecular formula is C11H15F5O2. The third-order valence-electron chi connectivity index (χ3n) is 3.84. The summed E-state index contributed by atoms with van der Waals surface area (Å²) in [5.74, 6) is -8.93. The number of alkyl halides is 5. The summed E-state index contributed by atoms with van der Waals surface area (Å²) < 4.78 is 68.7. The van der Waals surface area contributed by atoms with Gasteiger partial charge in [-0.2, -0.15) is 13.2 Å². The van der Waals surface area contributed by atoms with Crippen LogP contribution in [0.1, 0.15) is 38.5 Å². The SMILES string of the molecule is OC1(C(F)(F)F)OC(C2CCCCC2)CC1(F)F. The molecule has 1 saturated heterocycles. The lowest BCUT2D eigenvalue weighted by atomic mass is 9.84. The zero-order chi connectivity index (χ0) is 13.6. The molecule has 2 atom stereocenters. The molecular weight excluding hydrogens is 259 g/mol. The van der Waals surface area contributed by atoms with Gasteiger partial charge in [-0.25, -0.2) is 8.78 Å². The van der Waals surface area contributed by atoms with Crippen molar-refractivity contribution in [3.63, 3.8) is 0 Å². The van der Waals surface area contributed by atoms with Crippen LogP contribution in [0.2, 0.25) is 0 Å². The van der Waals surface area contributed by atoms with Gasteiger partial charge in [0.15, 0.2) is 0 Å². The molecule has 1 aliphatic carbocycles. The van der Waals surface area contributed by atoms with Crippen LogP contribution >= 0.6 is 0 Å². The summed E-state index contributed by atoms with van der Waals surface area (Å²) in [6.07, 6.45) is -4.03. The summed E-state index contributed by atoms with van der Waals surface area (Å²) in [5, 5.41) is 9.16. The molecule has 1 heterocycles. The Labute approximate surface area is 101 Å². The molecule has 1 N–H and O–H groups in total. The summed E-state index contributed by atoms with van der Waals surface area (Å²) in [5.41, 5.74) is 0. The minimum atomic E-state index is -5.49. The fourth-order valence-corrected chi connectivity index (χ4v) is 2.78. The van der Waals surface area contributed by atoms with Gasteiger partial charge in [0.1, 0.15) is 0 Å². The molecule has 2 fully saturated rings. The number of rotatable bonds is 1. The average molecular weight is 274 g/mol. The van der Waals surface area contributed by atoms with Crippen LogP contribution in [0.25, 0.3) is 0 Å². The highest BCUT2D eigenvalue weighted by molar-refractivity contribution is 5.01. The van der Waals surface area contributed by atoms with Gasteiger partial charge < -0.3 is 9.84 Å². The molecule has 0 spiro atoms. The second-order valence-electron chi connectivity index (χ2n) is 5.10. The molecule has 0 amide bonds. The number of hydrogen-bond donors (Lipinski definition) is 1. The van der Waals surface area contributed by atoms with Crippen LogP contribution in [0, 0.1) is 5.92 Å². The van der Waals surface area contributed by atoms with Gasteiger partial charge in [0.2, 0.25) is 0 Å². The molecule has 18 heavy (non-hydrogen) atoms. The average Bonchev–Trinajstić information content (AvgIpc) is 2.52. The van der Waals surface area contributed by atoms with E-state index in [1.165, 1.54) is 0 Å². The van der Waals surface area contributed by atoms with Gasteiger partial charge in [0.25, 0.3) is 0 Å². The minimum Gasteiger partial charge on any atom is -0.354 e. The van der Waals surface area contributed by atoms with E-state index in [0.29, 0.717) is 12.8 Å². The number of halogens is 5. The van der Waals surface area contributed by atoms with Crippen molar-refractivity contribution in [3.05, 3.63) is 0 Å². The van der Waals surface area contributed by atoms with Crippen molar-refractivity contribution in [2.24, 2.45) is 5.92 Å². The van der Waals surface area contributed by atoms with Crippen LogP contribution in [-0.2, 0) is 4.74 Å². The molecule has 0 aromatic rings. The monoisotopic (exact) mass is 274 g/mol. The number of aliphatic hydroxyl groups is 1. The largest absolute Gasteiger partial charge is 0.449 e. The van der Waals surface area contributed by atoms with E-state index in [4.69, 9.17) is 5.11 Å². The summed E-state index contributed by atoms with van der Waals surface area (Å²) in [7, 11) is 0. The molecule has 7 heteroatoms. The van der Waals surface area contributed by atoms with Crippen LogP contribution < -0.4 is 0 Å². The molecule has 2 unspecified atom stereocenters. The Morgan fingerprint density at radius 2 is 1.61 bits per heavy atom. The van der Waals surface area contributed by atoms with Crippen molar-refractivity contribution in [3.8, 4) is 0 Å². The molecule has 2 rings (SSSR count). The van der Waals surface area contributed by atoms with Crippen molar-refractivity contribution in [2.45, 2.75) is 62.5 Å². The number of hydrogen-bond acceptors (Lipinski definition) is 2. The maximum absolute atomic E-state index is 13.4. The first-order valence-electron chi connectivity index (χ1n) is 6.02. The summed E-state index contributed by atoms with van der Waals surface area (Å²) >= 11 is 0. The second kappa shape index (κ2) is 4.30. The lowest BCUT2D eigenvalue weighted by molar-refractivity contribution is -0.408. The van der Waals surface area contributed by atoms with Gasteiger partial charge in [0.05, 0.1) is 6.10 Å². The standard InChI is InChI=1S/C11H15F5O2/c12-9(13)6-8(7-4-2-1-3-5-7)18-10(9,17)11(14,15)16/h7-8,17H,1-6H2. The lowest BCUT2D eigenvalue weighted by Gasteiger charge is -2.31. The van der Waals surface area contributed by atoms with E-state index in [9.17, 15) is 22.0 Å². The Hall–Kier alpha value is -0.430. The van der Waals surface area contributed by atoms with Gasteiger partial charge in [-0.05, 0) is 18.8 Å². The van der Waals surface area contributed by atoms with E-state index in [1.54, 1.807) is 0 Å². The first-order valence-corrected chi connectivity index (χ1v) is 6.02. The van der Waals surface area contributed by atoms with Crippen LogP contribution in [0.3, 0.4) is 0 Å². The first-order chi connectivity index (χ1) is 8.17. The summed E-state index contributed by atoms with van der Waals surface area (Å²) in [4.78, 5) is 0. The molecule has 0 radical (unpaired) electrons. The second-order valence-corrected chi connectivity index (χ2v) is 5.10. The Kier molecular flexibility index (Phi) is 3.34. The highest BCUT2D eigenvalue weighted by atomic mass is 19.4. The van der Waals surface area contributed by atoms with E-state index in [2.05, 4.69) is 4.74 Å². The Bertz CT molecular complexity index is 311. The maximum Gasteiger partial charge on any atom is 0.449 e. The van der Waals surface area contributed by atoms with Gasteiger partial charge in [-0.1, -0.05) is 19.3 Å². The van der Waals surface area contributed by atoms with Crippen molar-refractivity contribution < 1.29 is 31.8 Å². The Morgan fingerprint density at radius 3 is 2.06 bits per heavy atom. The zero-order valence-corrected chi connectivity index (χ0v) is 9.64. The molecule has 1 aliphatic heterocycles. The van der Waals surface area contributed by atoms with Gasteiger partial charge in [-0.3, -0.25) is 0 Å². The Balaban J connectivity index is 2.16. The summed E-state index contributed by atoms with van der Waals surface area (Å²) in [6.45, 7) is 0. The number of ether oxygens (including phenoxy) is 1. The smallest absolute Gasteiger partial charge is 0.354 e. The third kappa shape index (κ3) is 2.11. The summed E-state index contributed by atoms with van der Waals surface area (Å²) in [6, 6.07) is 0. The topological polar surface area (TPSA) is 29.5 Å². The van der Waals surface area contributed by atoms with E-state index in [-0.39, 0.29) is 5.92 Å². The molecule has 0 bridgehead atoms. The molecule has 1 saturated carbocycles. The molecule has 0 aromatic carbocycles. The van der Waals surface area contributed by atoms with Crippen molar-refractivity contribution in [1.82, 2.24) is 0 Å². The first kappa shape index (κ1) is 14.0. The van der Waals surface area contributed by atoms with Gasteiger partial charge in [0, 0.05) is 6.42 Å². The van der Waals surface area contributed by atoms with Crippen molar-refractivity contribution in [1.29, 1.82) is 0 Å². The van der Waals surface area contributed by atoms with E-state index in [0.717, 1.165) is 19.3 Å². The normalized spacial score (nSPS) is 38.0. The molecule has 2 nitrogen and oxygen atoms in total. The van der Waals surface area contributed by atoms with E-state index < -0.39 is 30.4 Å². The van der Waals surface area contributed by atoms with E-state index >= 15 is 0 Å². The van der Waals surface area contributed by atoms with Crippen LogP contribution in [-0.4, -0.2) is 29.1 Å². The molecule has 2 aliphatic rings. The van der Waals surface area contributed by atoms with Crippen molar-refractivity contribution >= 4 is 0 Å². The predicted molar refractivity (Wildman–Crippen MR) is 52.0 cm³/mol. The quantitative estimate of drug-likeness (QED) is 0.744. The highest BCUT2D eigenvalue weighted by Crippen LogP contribution is 2.53. The van der Waals surface area contributed by atoms with Gasteiger partial charge in [-0.15, -0.1) is 0 Å². The minimum absolute atomic E-state index is 0.319. The predicted octanol–water partition coefficient (Wildman–Crippen LogP) is 3.24. The fourth-order valence-electron chi connectivity index (χ4n) is 2.78. The molecule has 106 valence electrons. The Morgan fingerprint density at radius 1 is 1.06 bits per heavy atom. The highest BCUT2D eigenvalue weighted by Gasteiger charge is 2.75. The van der Waals surface area contributed by atoms with E-state index in [1.807, 2.05) is 0 Å². The molecule has 0 aromatic heterocycles. The lowest BCUT2D eigenvalue weighted by Crippen LogP contribution is -2.56. The van der Waals surface area contributed by atoms with Gasteiger partial charge >= 0.3 is 17.9 Å². The maximum atomic E-state index is 13.4. The van der Waals surface area contributed by atoms with Crippen LogP contribution in [0.5, 0.6) is 0 Å². The van der Waals surface area contributed by atoms with Crippen molar-refractivity contribution in [2.75, 3.05) is 0 Å². The fraction of sp³-hybridized carbons (Fsp3) is 1.00. The zero-order valence-electron chi connectivity index (χ0n) is 9.64. The third-order valence-corrected chi connectivity index (χ3v) is 3.84. The van der Waals surface area contributed by atoms with Crippen LogP contribution in [0.15, 0.2) is 0 Å². The van der Waals surface area contributed by atoms with Crippen LogP contribution in [0.4, 0.5) is 22.0 Å².